The van der Waals surface area contributed by atoms with E-state index in [1.165, 1.54) is 0 Å². The number of carbonyl (C=O) groups is 2. The van der Waals surface area contributed by atoms with E-state index < -0.39 is 5.97 Å². The van der Waals surface area contributed by atoms with Crippen LogP contribution in [-0.4, -0.2) is 29.6 Å². The number of carboxylic acids is 1. The highest BCUT2D eigenvalue weighted by Gasteiger charge is 2.33. The lowest BCUT2D eigenvalue weighted by atomic mass is 9.80. The van der Waals surface area contributed by atoms with Crippen LogP contribution in [0.4, 0.5) is 0 Å². The maximum absolute atomic E-state index is 12.5. The molecule has 1 aliphatic rings. The average molecular weight is 333 g/mol. The van der Waals surface area contributed by atoms with Crippen LogP contribution in [0.2, 0.25) is 0 Å². The topological polar surface area (TPSA) is 75.6 Å². The minimum Gasteiger partial charge on any atom is -0.497 e. The van der Waals surface area contributed by atoms with Gasteiger partial charge in [-0.25, -0.2) is 0 Å². The van der Waals surface area contributed by atoms with E-state index in [9.17, 15) is 9.59 Å². The van der Waals surface area contributed by atoms with E-state index in [1.54, 1.807) is 7.11 Å². The third-order valence-electron chi connectivity index (χ3n) is 4.66. The van der Waals surface area contributed by atoms with Gasteiger partial charge in [-0.2, -0.15) is 0 Å². The Hall–Kier alpha value is -2.04. The molecule has 1 fully saturated rings. The highest BCUT2D eigenvalue weighted by molar-refractivity contribution is 5.80. The summed E-state index contributed by atoms with van der Waals surface area (Å²) in [6.45, 7) is 3.99. The summed E-state index contributed by atoms with van der Waals surface area (Å²) in [5.74, 6) is -0.596. The van der Waals surface area contributed by atoms with Crippen molar-refractivity contribution in [2.24, 2.45) is 11.8 Å². The van der Waals surface area contributed by atoms with E-state index in [0.717, 1.165) is 24.2 Å². The molecule has 0 aliphatic heterocycles. The first-order valence-electron chi connectivity index (χ1n) is 8.48. The monoisotopic (exact) mass is 333 g/mol. The highest BCUT2D eigenvalue weighted by atomic mass is 16.5. The molecule has 1 aromatic rings. The van der Waals surface area contributed by atoms with Gasteiger partial charge in [0.05, 0.1) is 13.0 Å². The molecule has 0 radical (unpaired) electrons. The second-order valence-electron chi connectivity index (χ2n) is 7.30. The number of carbonyl (C=O) groups excluding carboxylic acids is 1. The van der Waals surface area contributed by atoms with Gasteiger partial charge in [-0.3, -0.25) is 9.59 Å². The normalized spacial score (nSPS) is 21.1. The van der Waals surface area contributed by atoms with E-state index in [0.29, 0.717) is 19.3 Å². The number of nitrogens with one attached hydrogen (secondary N) is 1. The molecule has 0 aromatic heterocycles. The Bertz CT molecular complexity index is 580. The number of carboxylic acid groups (broad SMARTS) is 1. The summed E-state index contributed by atoms with van der Waals surface area (Å²) in [7, 11) is 1.63. The molecule has 1 saturated carbocycles. The molecule has 0 saturated heterocycles. The Kier molecular flexibility index (Phi) is 5.86. The molecule has 0 unspecified atom stereocenters. The summed E-state index contributed by atoms with van der Waals surface area (Å²) < 4.78 is 5.15. The van der Waals surface area contributed by atoms with Gasteiger partial charge in [-0.05, 0) is 57.2 Å². The van der Waals surface area contributed by atoms with Crippen molar-refractivity contribution in [3.05, 3.63) is 29.8 Å². The second kappa shape index (κ2) is 7.69. The van der Waals surface area contributed by atoms with Gasteiger partial charge < -0.3 is 15.2 Å². The molecule has 5 nitrogen and oxygen atoms in total. The number of methoxy groups -OCH3 is 1. The summed E-state index contributed by atoms with van der Waals surface area (Å²) in [4.78, 5) is 23.7. The van der Waals surface area contributed by atoms with E-state index in [1.807, 2.05) is 38.1 Å². The van der Waals surface area contributed by atoms with Gasteiger partial charge in [0.15, 0.2) is 0 Å². The number of rotatable bonds is 6. The van der Waals surface area contributed by atoms with Crippen LogP contribution in [-0.2, 0) is 16.0 Å². The molecular weight excluding hydrogens is 306 g/mol. The predicted molar refractivity (Wildman–Crippen MR) is 92.0 cm³/mol. The number of ether oxygens (including phenoxy) is 1. The van der Waals surface area contributed by atoms with Crippen molar-refractivity contribution in [1.82, 2.24) is 5.32 Å². The lowest BCUT2D eigenvalue weighted by Crippen LogP contribution is -2.48. The maximum atomic E-state index is 12.5. The highest BCUT2D eigenvalue weighted by Crippen LogP contribution is 2.30. The fourth-order valence-corrected chi connectivity index (χ4v) is 3.39. The molecule has 2 N–H and O–H groups in total. The zero-order valence-electron chi connectivity index (χ0n) is 14.7. The fraction of sp³-hybridized carbons (Fsp3) is 0.579. The molecule has 5 heteroatoms. The number of aliphatic carboxylic acids is 1. The Balaban J connectivity index is 1.94. The van der Waals surface area contributed by atoms with Crippen molar-refractivity contribution in [1.29, 1.82) is 0 Å². The molecule has 0 spiro atoms. The molecule has 1 amide bonds. The number of amides is 1. The first kappa shape index (κ1) is 18.3. The minimum absolute atomic E-state index is 0.0283. The van der Waals surface area contributed by atoms with Crippen LogP contribution < -0.4 is 10.1 Å². The molecule has 0 bridgehead atoms. The van der Waals surface area contributed by atoms with Crippen molar-refractivity contribution >= 4 is 11.9 Å². The summed E-state index contributed by atoms with van der Waals surface area (Å²) in [5, 5.41) is 12.3. The van der Waals surface area contributed by atoms with Gasteiger partial charge in [0, 0.05) is 11.5 Å². The SMILES string of the molecule is COc1ccc(CC(C)(C)NC(=O)[C@@H]2CCC[C@H](C(=O)O)C2)cc1. The van der Waals surface area contributed by atoms with Crippen molar-refractivity contribution in [2.45, 2.75) is 51.5 Å². The summed E-state index contributed by atoms with van der Waals surface area (Å²) in [6.07, 6.45) is 3.40. The van der Waals surface area contributed by atoms with E-state index >= 15 is 0 Å². The van der Waals surface area contributed by atoms with Gasteiger partial charge in [-0.15, -0.1) is 0 Å². The average Bonchev–Trinajstić information content (AvgIpc) is 2.54. The molecule has 2 atom stereocenters. The lowest BCUT2D eigenvalue weighted by Gasteiger charge is -2.31. The molecule has 24 heavy (non-hydrogen) atoms. The third-order valence-corrected chi connectivity index (χ3v) is 4.66. The van der Waals surface area contributed by atoms with Crippen LogP contribution in [0.1, 0.15) is 45.1 Å². The number of hydrogen-bond donors (Lipinski definition) is 2. The minimum atomic E-state index is -0.787. The smallest absolute Gasteiger partial charge is 0.306 e. The second-order valence-corrected chi connectivity index (χ2v) is 7.30. The summed E-state index contributed by atoms with van der Waals surface area (Å²) in [5.41, 5.74) is 0.732. The van der Waals surface area contributed by atoms with Crippen LogP contribution >= 0.6 is 0 Å². The van der Waals surface area contributed by atoms with Gasteiger partial charge in [0.25, 0.3) is 0 Å². The molecular formula is C19H27NO4. The molecule has 1 aromatic carbocycles. The lowest BCUT2D eigenvalue weighted by molar-refractivity contribution is -0.144. The van der Waals surface area contributed by atoms with Crippen molar-refractivity contribution in [3.8, 4) is 5.75 Å². The number of hydrogen-bond acceptors (Lipinski definition) is 3. The van der Waals surface area contributed by atoms with Crippen LogP contribution in [0.15, 0.2) is 24.3 Å². The zero-order valence-corrected chi connectivity index (χ0v) is 14.7. The van der Waals surface area contributed by atoms with Crippen molar-refractivity contribution in [2.75, 3.05) is 7.11 Å². The van der Waals surface area contributed by atoms with Crippen molar-refractivity contribution < 1.29 is 19.4 Å². The maximum Gasteiger partial charge on any atom is 0.306 e. The fourth-order valence-electron chi connectivity index (χ4n) is 3.39. The largest absolute Gasteiger partial charge is 0.497 e. The van der Waals surface area contributed by atoms with Crippen LogP contribution in [0.3, 0.4) is 0 Å². The summed E-state index contributed by atoms with van der Waals surface area (Å²) >= 11 is 0. The van der Waals surface area contributed by atoms with Crippen LogP contribution in [0.5, 0.6) is 5.75 Å². The molecule has 132 valence electrons. The molecule has 1 aliphatic carbocycles. The predicted octanol–water partition coefficient (Wildman–Crippen LogP) is 3.02. The Morgan fingerprint density at radius 3 is 2.42 bits per heavy atom. The van der Waals surface area contributed by atoms with Gasteiger partial charge in [-0.1, -0.05) is 18.6 Å². The zero-order chi connectivity index (χ0) is 17.7. The molecule has 0 heterocycles. The van der Waals surface area contributed by atoms with Gasteiger partial charge in [0.1, 0.15) is 5.75 Å². The molecule has 2 rings (SSSR count). The first-order chi connectivity index (χ1) is 11.3. The Morgan fingerprint density at radius 1 is 1.21 bits per heavy atom. The standard InChI is InChI=1S/C19H27NO4/c1-19(2,12-13-7-9-16(24-3)10-8-13)20-17(21)14-5-4-6-15(11-14)18(22)23/h7-10,14-15H,4-6,11-12H2,1-3H3,(H,20,21)(H,22,23)/t14-,15+/m1/s1. The van der Waals surface area contributed by atoms with E-state index in [-0.39, 0.29) is 23.3 Å². The summed E-state index contributed by atoms with van der Waals surface area (Å²) in [6, 6.07) is 7.80. The van der Waals surface area contributed by atoms with Gasteiger partial charge >= 0.3 is 5.97 Å². The van der Waals surface area contributed by atoms with Gasteiger partial charge in [0.2, 0.25) is 5.91 Å². The van der Waals surface area contributed by atoms with E-state index in [4.69, 9.17) is 9.84 Å². The Morgan fingerprint density at radius 2 is 1.83 bits per heavy atom. The van der Waals surface area contributed by atoms with Crippen LogP contribution in [0, 0.1) is 11.8 Å². The number of benzene rings is 1. The quantitative estimate of drug-likeness (QED) is 0.839. The van der Waals surface area contributed by atoms with Crippen molar-refractivity contribution in [3.63, 3.8) is 0 Å². The van der Waals surface area contributed by atoms with E-state index in [2.05, 4.69) is 5.32 Å². The Labute approximate surface area is 143 Å². The first-order valence-corrected chi connectivity index (χ1v) is 8.48. The van der Waals surface area contributed by atoms with Crippen LogP contribution in [0.25, 0.3) is 0 Å². The third kappa shape index (κ3) is 4.98.